The zero-order chi connectivity index (χ0) is 21.2. The number of para-hydroxylation sites is 1. The minimum Gasteiger partial charge on any atom is -0.490 e. The summed E-state index contributed by atoms with van der Waals surface area (Å²) in [7, 11) is 0. The molecule has 0 aliphatic rings. The van der Waals surface area contributed by atoms with Gasteiger partial charge in [0.25, 0.3) is 5.69 Å². The van der Waals surface area contributed by atoms with Gasteiger partial charge in [0.05, 0.1) is 29.2 Å². The number of halogens is 1. The summed E-state index contributed by atoms with van der Waals surface area (Å²) in [5.74, 6) is 2.57. The Morgan fingerprint density at radius 2 is 2.14 bits per heavy atom. The molecule has 1 amide bonds. The Hall–Kier alpha value is -3.57. The fourth-order valence-electron chi connectivity index (χ4n) is 2.41. The van der Waals surface area contributed by atoms with Crippen molar-refractivity contribution in [1.29, 1.82) is 0 Å². The Labute approximate surface area is 172 Å². The lowest BCUT2D eigenvalue weighted by molar-refractivity contribution is -0.385. The van der Waals surface area contributed by atoms with Crippen molar-refractivity contribution in [2.24, 2.45) is 5.10 Å². The van der Waals surface area contributed by atoms with Crippen LogP contribution in [0.1, 0.15) is 18.1 Å². The second-order valence-electron chi connectivity index (χ2n) is 5.61. The van der Waals surface area contributed by atoms with E-state index in [0.29, 0.717) is 29.2 Å². The number of benzene rings is 2. The predicted molar refractivity (Wildman–Crippen MR) is 109 cm³/mol. The zero-order valence-corrected chi connectivity index (χ0v) is 16.3. The lowest BCUT2D eigenvalue weighted by atomic mass is 10.1. The van der Waals surface area contributed by atoms with Crippen LogP contribution in [0.2, 0.25) is 5.02 Å². The highest BCUT2D eigenvalue weighted by Crippen LogP contribution is 2.36. The number of carbonyl (C=O) groups excluding carboxylic acids is 1. The standard InChI is InChI=1S/C20H18ClN3O5/c1-3-9-29-20-16(21)10-14(11-18(20)28-4-2)13-22-23-19(25)12-15-7-5-6-8-17(15)24(26)27/h1,5-8,10-11,13H,4,9,12H2,2H3,(H,23,25)/b22-13+. The normalized spacial score (nSPS) is 10.4. The molecule has 0 bridgehead atoms. The summed E-state index contributed by atoms with van der Waals surface area (Å²) in [6.07, 6.45) is 6.39. The highest BCUT2D eigenvalue weighted by atomic mass is 35.5. The number of rotatable bonds is 9. The second-order valence-corrected chi connectivity index (χ2v) is 6.02. The van der Waals surface area contributed by atoms with Gasteiger partial charge in [-0.05, 0) is 24.6 Å². The molecule has 150 valence electrons. The van der Waals surface area contributed by atoms with Gasteiger partial charge >= 0.3 is 0 Å². The van der Waals surface area contributed by atoms with E-state index in [1.54, 1.807) is 18.2 Å². The van der Waals surface area contributed by atoms with Crippen molar-refractivity contribution in [3.8, 4) is 23.8 Å². The number of ether oxygens (including phenoxy) is 2. The molecule has 29 heavy (non-hydrogen) atoms. The van der Waals surface area contributed by atoms with E-state index in [1.807, 2.05) is 6.92 Å². The molecule has 9 heteroatoms. The number of hydrogen-bond donors (Lipinski definition) is 1. The maximum atomic E-state index is 12.0. The van der Waals surface area contributed by atoms with Crippen LogP contribution in [0.15, 0.2) is 41.5 Å². The first kappa shape index (κ1) is 21.7. The average Bonchev–Trinajstić information content (AvgIpc) is 2.68. The molecule has 0 saturated heterocycles. The summed E-state index contributed by atoms with van der Waals surface area (Å²) >= 11 is 6.22. The first-order valence-electron chi connectivity index (χ1n) is 8.53. The van der Waals surface area contributed by atoms with Gasteiger partial charge in [-0.25, -0.2) is 5.43 Å². The van der Waals surface area contributed by atoms with E-state index in [9.17, 15) is 14.9 Å². The first-order valence-corrected chi connectivity index (χ1v) is 8.90. The number of nitrogens with one attached hydrogen (secondary N) is 1. The van der Waals surface area contributed by atoms with E-state index in [4.69, 9.17) is 27.5 Å². The van der Waals surface area contributed by atoms with Gasteiger partial charge < -0.3 is 9.47 Å². The van der Waals surface area contributed by atoms with E-state index >= 15 is 0 Å². The third-order valence-electron chi connectivity index (χ3n) is 3.57. The minimum atomic E-state index is -0.535. The number of hydrogen-bond acceptors (Lipinski definition) is 6. The van der Waals surface area contributed by atoms with Crippen LogP contribution in [0.3, 0.4) is 0 Å². The van der Waals surface area contributed by atoms with Gasteiger partial charge in [-0.3, -0.25) is 14.9 Å². The molecule has 0 spiro atoms. The molecule has 0 fully saturated rings. The summed E-state index contributed by atoms with van der Waals surface area (Å²) in [5.41, 5.74) is 3.06. The predicted octanol–water partition coefficient (Wildman–Crippen LogP) is 3.35. The van der Waals surface area contributed by atoms with E-state index in [0.717, 1.165) is 0 Å². The van der Waals surface area contributed by atoms with Crippen LogP contribution < -0.4 is 14.9 Å². The molecule has 0 aliphatic carbocycles. The number of terminal acetylenes is 1. The molecule has 0 aromatic heterocycles. The van der Waals surface area contributed by atoms with Crippen LogP contribution >= 0.6 is 11.6 Å². The fraction of sp³-hybridized carbons (Fsp3) is 0.200. The monoisotopic (exact) mass is 415 g/mol. The first-order chi connectivity index (χ1) is 14.0. The quantitative estimate of drug-likeness (QED) is 0.293. The van der Waals surface area contributed by atoms with Crippen molar-refractivity contribution in [1.82, 2.24) is 5.43 Å². The molecule has 8 nitrogen and oxygen atoms in total. The fourth-order valence-corrected chi connectivity index (χ4v) is 2.68. The molecule has 0 unspecified atom stereocenters. The van der Waals surface area contributed by atoms with Crippen molar-refractivity contribution in [3.63, 3.8) is 0 Å². The molecule has 2 aromatic carbocycles. The smallest absolute Gasteiger partial charge is 0.273 e. The van der Waals surface area contributed by atoms with Gasteiger partial charge in [-0.15, -0.1) is 6.42 Å². The van der Waals surface area contributed by atoms with Gasteiger partial charge in [0.15, 0.2) is 11.5 Å². The van der Waals surface area contributed by atoms with Crippen LogP contribution in [-0.4, -0.2) is 30.3 Å². The van der Waals surface area contributed by atoms with Gasteiger partial charge in [-0.2, -0.15) is 5.10 Å². The maximum Gasteiger partial charge on any atom is 0.273 e. The third kappa shape index (κ3) is 6.23. The zero-order valence-electron chi connectivity index (χ0n) is 15.6. The Bertz CT molecular complexity index is 969. The summed E-state index contributed by atoms with van der Waals surface area (Å²) in [5, 5.41) is 15.2. The molecule has 0 aliphatic heterocycles. The van der Waals surface area contributed by atoms with Crippen molar-refractivity contribution in [2.75, 3.05) is 13.2 Å². The number of nitrogens with zero attached hydrogens (tertiary/aromatic N) is 2. The molecule has 2 rings (SSSR count). The van der Waals surface area contributed by atoms with Crippen molar-refractivity contribution in [2.45, 2.75) is 13.3 Å². The second kappa shape index (κ2) is 10.7. The third-order valence-corrected chi connectivity index (χ3v) is 3.85. The largest absolute Gasteiger partial charge is 0.490 e. The molecule has 1 N–H and O–H groups in total. The van der Waals surface area contributed by atoms with Crippen molar-refractivity contribution < 1.29 is 19.2 Å². The van der Waals surface area contributed by atoms with Crippen LogP contribution in [0.5, 0.6) is 11.5 Å². The topological polar surface area (TPSA) is 103 Å². The van der Waals surface area contributed by atoms with E-state index in [2.05, 4.69) is 16.4 Å². The highest BCUT2D eigenvalue weighted by Gasteiger charge is 2.15. The molecule has 0 heterocycles. The maximum absolute atomic E-state index is 12.0. The number of nitro benzene ring substituents is 1. The summed E-state index contributed by atoms with van der Waals surface area (Å²) in [6.45, 7) is 2.23. The number of hydrazone groups is 1. The van der Waals surface area contributed by atoms with Gasteiger partial charge in [0, 0.05) is 11.6 Å². The van der Waals surface area contributed by atoms with E-state index < -0.39 is 10.8 Å². The SMILES string of the molecule is C#CCOc1c(Cl)cc(/C=N/NC(=O)Cc2ccccc2[N+](=O)[O-])cc1OCC. The Balaban J connectivity index is 2.09. The van der Waals surface area contributed by atoms with Crippen LogP contribution in [-0.2, 0) is 11.2 Å². The molecular formula is C20H18ClN3O5. The molecule has 0 atom stereocenters. The lowest BCUT2D eigenvalue weighted by Crippen LogP contribution is -2.20. The summed E-state index contributed by atoms with van der Waals surface area (Å²) < 4.78 is 10.9. The molecule has 0 radical (unpaired) electrons. The van der Waals surface area contributed by atoms with E-state index in [-0.39, 0.29) is 23.7 Å². The summed E-state index contributed by atoms with van der Waals surface area (Å²) in [4.78, 5) is 22.5. The van der Waals surface area contributed by atoms with Crippen LogP contribution in [0, 0.1) is 22.5 Å². The summed E-state index contributed by atoms with van der Waals surface area (Å²) in [6, 6.07) is 9.23. The minimum absolute atomic E-state index is 0.0366. The highest BCUT2D eigenvalue weighted by molar-refractivity contribution is 6.32. The average molecular weight is 416 g/mol. The molecule has 2 aromatic rings. The Kier molecular flexibility index (Phi) is 8.00. The molecular weight excluding hydrogens is 398 g/mol. The van der Waals surface area contributed by atoms with Gasteiger partial charge in [0.1, 0.15) is 6.61 Å². The van der Waals surface area contributed by atoms with Crippen molar-refractivity contribution >= 4 is 29.4 Å². The number of carbonyl (C=O) groups is 1. The van der Waals surface area contributed by atoms with Crippen molar-refractivity contribution in [3.05, 3.63) is 62.7 Å². The van der Waals surface area contributed by atoms with Crippen LogP contribution in [0.4, 0.5) is 5.69 Å². The van der Waals surface area contributed by atoms with E-state index in [1.165, 1.54) is 24.4 Å². The van der Waals surface area contributed by atoms with Gasteiger partial charge in [0.2, 0.25) is 5.91 Å². The number of nitro groups is 1. The van der Waals surface area contributed by atoms with Crippen LogP contribution in [0.25, 0.3) is 0 Å². The lowest BCUT2D eigenvalue weighted by Gasteiger charge is -2.12. The van der Waals surface area contributed by atoms with Gasteiger partial charge in [-0.1, -0.05) is 35.7 Å². The Morgan fingerprint density at radius 3 is 2.83 bits per heavy atom. The number of amides is 1. The Morgan fingerprint density at radius 1 is 1.38 bits per heavy atom. The molecule has 0 saturated carbocycles.